The molecule has 1 aliphatic rings. The van der Waals surface area contributed by atoms with Crippen LogP contribution in [0.1, 0.15) is 0 Å². The van der Waals surface area contributed by atoms with Crippen molar-refractivity contribution in [2.75, 3.05) is 5.88 Å². The van der Waals surface area contributed by atoms with Gasteiger partial charge in [-0.15, -0.1) is 11.6 Å². The third-order valence-corrected chi connectivity index (χ3v) is 4.34. The Morgan fingerprint density at radius 3 is 2.15 bits per heavy atom. The SMILES string of the molecule is ClCC(Cl)N1C=NC(Cl)(Cl)C1(Cl)Cl. The molecule has 0 N–H and O–H groups in total. The van der Waals surface area contributed by atoms with E-state index in [1.54, 1.807) is 0 Å². The maximum atomic E-state index is 5.86. The standard InChI is InChI=1S/C5H4Cl6N2/c6-1-3(7)13-2-12-4(8,9)5(13,10)11/h2-3H,1H2. The second kappa shape index (κ2) is 3.99. The minimum Gasteiger partial charge on any atom is -0.309 e. The summed E-state index contributed by atoms with van der Waals surface area (Å²) >= 11 is 34.5. The summed E-state index contributed by atoms with van der Waals surface area (Å²) in [4.78, 5) is 4.98. The predicted octanol–water partition coefficient (Wildman–Crippen LogP) is 3.40. The van der Waals surface area contributed by atoms with E-state index in [9.17, 15) is 0 Å². The van der Waals surface area contributed by atoms with Gasteiger partial charge in [-0.25, -0.2) is 4.99 Å². The van der Waals surface area contributed by atoms with Gasteiger partial charge in [-0.2, -0.15) is 0 Å². The van der Waals surface area contributed by atoms with Gasteiger partial charge >= 0.3 is 0 Å². The third kappa shape index (κ3) is 2.09. The maximum Gasteiger partial charge on any atom is 0.261 e. The van der Waals surface area contributed by atoms with Crippen molar-refractivity contribution in [1.82, 2.24) is 4.90 Å². The maximum absolute atomic E-state index is 5.86. The van der Waals surface area contributed by atoms with Gasteiger partial charge in [0.25, 0.3) is 4.46 Å². The molecule has 0 radical (unpaired) electrons. The van der Waals surface area contributed by atoms with Crippen LogP contribution in [0.15, 0.2) is 4.99 Å². The molecule has 0 amide bonds. The first kappa shape index (κ1) is 12.3. The van der Waals surface area contributed by atoms with E-state index < -0.39 is 14.4 Å². The van der Waals surface area contributed by atoms with Crippen molar-refractivity contribution in [1.29, 1.82) is 0 Å². The van der Waals surface area contributed by atoms with Crippen LogP contribution in [0.4, 0.5) is 0 Å². The van der Waals surface area contributed by atoms with Gasteiger partial charge in [-0.3, -0.25) is 0 Å². The van der Waals surface area contributed by atoms with Crippen LogP contribution in [0.5, 0.6) is 0 Å². The molecule has 0 saturated heterocycles. The highest BCUT2D eigenvalue weighted by Crippen LogP contribution is 2.50. The van der Waals surface area contributed by atoms with Crippen molar-refractivity contribution < 1.29 is 0 Å². The van der Waals surface area contributed by atoms with E-state index in [1.807, 2.05) is 0 Å². The minimum absolute atomic E-state index is 0.124. The Labute approximate surface area is 106 Å². The molecule has 0 aromatic carbocycles. The fourth-order valence-electron chi connectivity index (χ4n) is 0.763. The Kier molecular flexibility index (Phi) is 3.77. The molecule has 1 unspecified atom stereocenters. The summed E-state index contributed by atoms with van der Waals surface area (Å²) in [6, 6.07) is 0. The number of aliphatic imine (C=N–C) groups is 1. The Balaban J connectivity index is 2.88. The highest BCUT2D eigenvalue weighted by Gasteiger charge is 2.56. The van der Waals surface area contributed by atoms with Crippen LogP contribution < -0.4 is 0 Å². The van der Waals surface area contributed by atoms with E-state index in [4.69, 9.17) is 69.6 Å². The van der Waals surface area contributed by atoms with Gasteiger partial charge in [0.15, 0.2) is 0 Å². The third-order valence-electron chi connectivity index (χ3n) is 1.46. The molecule has 1 rings (SSSR count). The zero-order valence-electron chi connectivity index (χ0n) is 6.02. The second-order valence-corrected chi connectivity index (χ2v) is 5.71. The van der Waals surface area contributed by atoms with Crippen LogP contribution in [0, 0.1) is 0 Å². The molecular weight excluding hydrogens is 301 g/mol. The summed E-state index contributed by atoms with van der Waals surface area (Å²) in [6.07, 6.45) is 1.28. The molecule has 13 heavy (non-hydrogen) atoms. The van der Waals surface area contributed by atoms with Crippen molar-refractivity contribution in [3.8, 4) is 0 Å². The predicted molar refractivity (Wildman–Crippen MR) is 59.6 cm³/mol. The molecule has 1 aliphatic heterocycles. The lowest BCUT2D eigenvalue weighted by molar-refractivity contribution is 0.361. The first-order chi connectivity index (χ1) is 5.83. The van der Waals surface area contributed by atoms with Crippen LogP contribution in [-0.4, -0.2) is 31.5 Å². The van der Waals surface area contributed by atoms with Gasteiger partial charge in [-0.1, -0.05) is 58.0 Å². The highest BCUT2D eigenvalue weighted by molar-refractivity contribution is 6.63. The molecule has 1 atom stereocenters. The molecule has 0 aromatic rings. The Morgan fingerprint density at radius 1 is 1.31 bits per heavy atom. The number of rotatable bonds is 2. The van der Waals surface area contributed by atoms with Crippen LogP contribution in [0.25, 0.3) is 0 Å². The van der Waals surface area contributed by atoms with Gasteiger partial charge in [0.1, 0.15) is 5.50 Å². The van der Waals surface area contributed by atoms with Crippen molar-refractivity contribution >= 4 is 75.9 Å². The summed E-state index contributed by atoms with van der Waals surface area (Å²) in [7, 11) is 0. The van der Waals surface area contributed by atoms with E-state index in [1.165, 1.54) is 11.2 Å². The van der Waals surface area contributed by atoms with E-state index in [0.717, 1.165) is 0 Å². The lowest BCUT2D eigenvalue weighted by Crippen LogP contribution is -2.48. The van der Waals surface area contributed by atoms with Gasteiger partial charge in [-0.05, 0) is 0 Å². The average Bonchev–Trinajstić information content (AvgIpc) is 2.22. The summed E-state index contributed by atoms with van der Waals surface area (Å²) in [5.41, 5.74) is -0.611. The van der Waals surface area contributed by atoms with E-state index in [-0.39, 0.29) is 5.88 Å². The quantitative estimate of drug-likeness (QED) is 0.564. The van der Waals surface area contributed by atoms with E-state index in [2.05, 4.69) is 4.99 Å². The molecule has 0 aliphatic carbocycles. The van der Waals surface area contributed by atoms with E-state index in [0.29, 0.717) is 0 Å². The Morgan fingerprint density at radius 2 is 1.85 bits per heavy atom. The number of nitrogens with zero attached hydrogens (tertiary/aromatic N) is 2. The number of halogens is 6. The summed E-state index contributed by atoms with van der Waals surface area (Å²) in [6.45, 7) is 0. The van der Waals surface area contributed by atoms with Crippen LogP contribution in [0.3, 0.4) is 0 Å². The molecule has 0 fully saturated rings. The largest absolute Gasteiger partial charge is 0.309 e. The fourth-order valence-corrected chi connectivity index (χ4v) is 1.91. The monoisotopic (exact) mass is 302 g/mol. The van der Waals surface area contributed by atoms with Crippen LogP contribution >= 0.6 is 69.6 Å². The molecule has 0 aromatic heterocycles. The summed E-state index contributed by atoms with van der Waals surface area (Å²) < 4.78 is -3.23. The molecular formula is C5H4Cl6N2. The fraction of sp³-hybridized carbons (Fsp3) is 0.800. The Hall–Kier alpha value is 1.21. The topological polar surface area (TPSA) is 15.6 Å². The first-order valence-corrected chi connectivity index (χ1v) is 5.60. The molecule has 0 saturated carbocycles. The normalized spacial score (nSPS) is 26.5. The van der Waals surface area contributed by atoms with Crippen LogP contribution in [0.2, 0.25) is 0 Å². The zero-order chi connectivity index (χ0) is 10.3. The average molecular weight is 305 g/mol. The Bertz CT molecular complexity index is 227. The number of alkyl halides is 6. The van der Waals surface area contributed by atoms with Crippen molar-refractivity contribution in [3.05, 3.63) is 0 Å². The first-order valence-electron chi connectivity index (χ1n) is 3.12. The minimum atomic E-state index is -1.63. The molecule has 0 spiro atoms. The highest BCUT2D eigenvalue weighted by atomic mass is 35.5. The lowest BCUT2D eigenvalue weighted by Gasteiger charge is -2.34. The molecule has 8 heteroatoms. The molecule has 0 bridgehead atoms. The summed E-state index contributed by atoms with van der Waals surface area (Å²) in [5.74, 6) is 0.124. The molecule has 76 valence electrons. The molecule has 2 nitrogen and oxygen atoms in total. The lowest BCUT2D eigenvalue weighted by atomic mass is 10.5. The van der Waals surface area contributed by atoms with Gasteiger partial charge < -0.3 is 4.90 Å². The van der Waals surface area contributed by atoms with Crippen molar-refractivity contribution in [2.24, 2.45) is 4.99 Å². The zero-order valence-corrected chi connectivity index (χ0v) is 10.6. The smallest absolute Gasteiger partial charge is 0.261 e. The summed E-state index contributed by atoms with van der Waals surface area (Å²) in [5, 5.41) is 0. The second-order valence-electron chi connectivity index (χ2n) is 2.32. The van der Waals surface area contributed by atoms with Crippen molar-refractivity contribution in [2.45, 2.75) is 14.4 Å². The molecule has 1 heterocycles. The van der Waals surface area contributed by atoms with Gasteiger partial charge in [0, 0.05) is 0 Å². The van der Waals surface area contributed by atoms with Crippen LogP contribution in [-0.2, 0) is 0 Å². The van der Waals surface area contributed by atoms with Crippen molar-refractivity contribution in [3.63, 3.8) is 0 Å². The van der Waals surface area contributed by atoms with Gasteiger partial charge in [0.05, 0.1) is 12.2 Å². The van der Waals surface area contributed by atoms with E-state index >= 15 is 0 Å². The number of hydrogen-bond donors (Lipinski definition) is 0. The number of hydrogen-bond acceptors (Lipinski definition) is 2. The van der Waals surface area contributed by atoms with Gasteiger partial charge in [0.2, 0.25) is 4.46 Å².